The van der Waals surface area contributed by atoms with Gasteiger partial charge in [0.15, 0.2) is 17.3 Å². The summed E-state index contributed by atoms with van der Waals surface area (Å²) in [5, 5.41) is 0. The molecular weight excluding hydrogens is 532 g/mol. The number of hydrogen-bond donors (Lipinski definition) is 0. The van der Waals surface area contributed by atoms with Crippen LogP contribution in [0.5, 0.6) is 34.5 Å². The Hall–Kier alpha value is -3.09. The Bertz CT molecular complexity index is 1070. The van der Waals surface area contributed by atoms with Crippen LogP contribution in [0.1, 0.15) is 127 Å². The first kappa shape index (κ1) is 33.4. The summed E-state index contributed by atoms with van der Waals surface area (Å²) >= 11 is 0. The molecule has 2 aromatic rings. The lowest BCUT2D eigenvalue weighted by molar-refractivity contribution is 0.0840. The summed E-state index contributed by atoms with van der Waals surface area (Å²) in [7, 11) is 0. The molecule has 1 atom stereocenters. The molecular formula is C35H52O7. The van der Waals surface area contributed by atoms with Gasteiger partial charge in [0, 0.05) is 17.7 Å². The highest BCUT2D eigenvalue weighted by atomic mass is 16.5. The SMILES string of the molecule is CCCCOc1cc(OCCCC)c2c(c1)OC(c1cc(OCCCC)c(OCCCC)c(OCCCC)c1)CC2=O. The molecule has 0 saturated heterocycles. The van der Waals surface area contributed by atoms with Crippen LogP contribution in [-0.2, 0) is 0 Å². The van der Waals surface area contributed by atoms with Crippen molar-refractivity contribution in [2.45, 2.75) is 111 Å². The Balaban J connectivity index is 1.99. The Labute approximate surface area is 253 Å². The monoisotopic (exact) mass is 584 g/mol. The number of rotatable bonds is 21. The molecule has 1 unspecified atom stereocenters. The molecule has 42 heavy (non-hydrogen) atoms. The molecule has 3 rings (SSSR count). The number of fused-ring (bicyclic) bond motifs is 1. The number of carbonyl (C=O) groups excluding carboxylic acids is 1. The van der Waals surface area contributed by atoms with E-state index in [1.165, 1.54) is 0 Å². The number of carbonyl (C=O) groups is 1. The smallest absolute Gasteiger partial charge is 0.203 e. The van der Waals surface area contributed by atoms with E-state index in [2.05, 4.69) is 34.6 Å². The first-order chi connectivity index (χ1) is 20.6. The van der Waals surface area contributed by atoms with Gasteiger partial charge in [0.2, 0.25) is 5.75 Å². The Morgan fingerprint density at radius 3 is 1.62 bits per heavy atom. The Morgan fingerprint density at radius 1 is 0.619 bits per heavy atom. The zero-order valence-corrected chi connectivity index (χ0v) is 26.6. The van der Waals surface area contributed by atoms with Crippen LogP contribution in [0.15, 0.2) is 24.3 Å². The first-order valence-corrected chi connectivity index (χ1v) is 16.3. The summed E-state index contributed by atoms with van der Waals surface area (Å²) in [5.74, 6) is 3.54. The molecule has 0 fully saturated rings. The third-order valence-electron chi connectivity index (χ3n) is 7.15. The van der Waals surface area contributed by atoms with Crippen LogP contribution in [0, 0.1) is 0 Å². The highest BCUT2D eigenvalue weighted by Crippen LogP contribution is 2.46. The second-order valence-corrected chi connectivity index (χ2v) is 10.9. The molecule has 0 aromatic heterocycles. The van der Waals surface area contributed by atoms with Crippen molar-refractivity contribution in [3.63, 3.8) is 0 Å². The van der Waals surface area contributed by atoms with Crippen LogP contribution < -0.4 is 28.4 Å². The molecule has 0 N–H and O–H groups in total. The van der Waals surface area contributed by atoms with Gasteiger partial charge in [-0.15, -0.1) is 0 Å². The van der Waals surface area contributed by atoms with Gasteiger partial charge in [-0.25, -0.2) is 0 Å². The van der Waals surface area contributed by atoms with Gasteiger partial charge in [0.25, 0.3) is 0 Å². The molecule has 1 aliphatic heterocycles. The molecule has 0 radical (unpaired) electrons. The minimum absolute atomic E-state index is 0.0157. The molecule has 7 nitrogen and oxygen atoms in total. The average molecular weight is 585 g/mol. The summed E-state index contributed by atoms with van der Waals surface area (Å²) in [6, 6.07) is 7.55. The third-order valence-corrected chi connectivity index (χ3v) is 7.15. The lowest BCUT2D eigenvalue weighted by atomic mass is 9.95. The van der Waals surface area contributed by atoms with E-state index in [1.54, 1.807) is 0 Å². The third kappa shape index (κ3) is 9.74. The van der Waals surface area contributed by atoms with E-state index >= 15 is 0 Å². The molecule has 1 aliphatic rings. The molecule has 234 valence electrons. The molecule has 0 amide bonds. The minimum atomic E-state index is -0.508. The standard InChI is InChI=1S/C35H52O7/c1-6-11-16-37-27-23-30(38-17-12-7-2)34-28(36)25-29(42-31(34)24-27)26-21-32(39-18-13-8-3)35(41-20-15-10-5)33(22-26)40-19-14-9-4/h21-24,29H,6-20,25H2,1-5H3. The van der Waals surface area contributed by atoms with E-state index < -0.39 is 6.10 Å². The van der Waals surface area contributed by atoms with Crippen LogP contribution in [0.3, 0.4) is 0 Å². The second kappa shape index (κ2) is 18.4. The summed E-state index contributed by atoms with van der Waals surface area (Å²) < 4.78 is 37.4. The van der Waals surface area contributed by atoms with Gasteiger partial charge in [0.05, 0.1) is 39.5 Å². The number of hydrogen-bond acceptors (Lipinski definition) is 7. The predicted octanol–water partition coefficient (Wildman–Crippen LogP) is 9.29. The molecule has 0 bridgehead atoms. The summed E-state index contributed by atoms with van der Waals surface area (Å²) in [4.78, 5) is 13.6. The fraction of sp³-hybridized carbons (Fsp3) is 0.629. The van der Waals surface area contributed by atoms with Gasteiger partial charge in [-0.05, 0) is 44.2 Å². The normalized spacial score (nSPS) is 14.2. The van der Waals surface area contributed by atoms with Crippen molar-refractivity contribution < 1.29 is 33.2 Å². The van der Waals surface area contributed by atoms with Crippen molar-refractivity contribution in [3.05, 3.63) is 35.4 Å². The average Bonchev–Trinajstić information content (AvgIpc) is 2.98. The Morgan fingerprint density at radius 2 is 1.10 bits per heavy atom. The lowest BCUT2D eigenvalue weighted by Gasteiger charge is -2.28. The van der Waals surface area contributed by atoms with Crippen LogP contribution in [-0.4, -0.2) is 38.8 Å². The largest absolute Gasteiger partial charge is 0.493 e. The van der Waals surface area contributed by atoms with Crippen LogP contribution in [0.4, 0.5) is 0 Å². The van der Waals surface area contributed by atoms with Crippen LogP contribution in [0.2, 0.25) is 0 Å². The van der Waals surface area contributed by atoms with Crippen molar-refractivity contribution >= 4 is 5.78 Å². The van der Waals surface area contributed by atoms with E-state index in [4.69, 9.17) is 28.4 Å². The number of unbranched alkanes of at least 4 members (excludes halogenated alkanes) is 5. The molecule has 7 heteroatoms. The fourth-order valence-electron chi connectivity index (χ4n) is 4.55. The van der Waals surface area contributed by atoms with Gasteiger partial charge in [-0.1, -0.05) is 66.7 Å². The summed E-state index contributed by atoms with van der Waals surface area (Å²) in [6.45, 7) is 13.5. The molecule has 2 aromatic carbocycles. The first-order valence-electron chi connectivity index (χ1n) is 16.3. The van der Waals surface area contributed by atoms with Crippen LogP contribution >= 0.6 is 0 Å². The Kier molecular flexibility index (Phi) is 14.7. The van der Waals surface area contributed by atoms with Gasteiger partial charge >= 0.3 is 0 Å². The number of ether oxygens (including phenoxy) is 6. The minimum Gasteiger partial charge on any atom is -0.493 e. The fourth-order valence-corrected chi connectivity index (χ4v) is 4.55. The highest BCUT2D eigenvalue weighted by Gasteiger charge is 2.33. The molecule has 0 spiro atoms. The van der Waals surface area contributed by atoms with Crippen molar-refractivity contribution in [2.24, 2.45) is 0 Å². The van der Waals surface area contributed by atoms with E-state index in [1.807, 2.05) is 24.3 Å². The van der Waals surface area contributed by atoms with Gasteiger partial charge in [-0.2, -0.15) is 0 Å². The van der Waals surface area contributed by atoms with E-state index in [0.717, 1.165) is 69.8 Å². The highest BCUT2D eigenvalue weighted by molar-refractivity contribution is 6.03. The topological polar surface area (TPSA) is 72.5 Å². The van der Waals surface area contributed by atoms with Crippen LogP contribution in [0.25, 0.3) is 0 Å². The van der Waals surface area contributed by atoms with E-state index in [-0.39, 0.29) is 12.2 Å². The van der Waals surface area contributed by atoms with E-state index in [9.17, 15) is 4.79 Å². The van der Waals surface area contributed by atoms with Crippen molar-refractivity contribution in [1.82, 2.24) is 0 Å². The summed E-state index contributed by atoms with van der Waals surface area (Å²) in [5.41, 5.74) is 1.31. The maximum absolute atomic E-state index is 13.6. The van der Waals surface area contributed by atoms with E-state index in [0.29, 0.717) is 73.1 Å². The van der Waals surface area contributed by atoms with Crippen molar-refractivity contribution in [3.8, 4) is 34.5 Å². The van der Waals surface area contributed by atoms with Gasteiger partial charge in [0.1, 0.15) is 28.9 Å². The zero-order valence-electron chi connectivity index (χ0n) is 26.6. The number of benzene rings is 2. The maximum atomic E-state index is 13.6. The summed E-state index contributed by atoms with van der Waals surface area (Å²) in [6.07, 6.45) is 9.43. The van der Waals surface area contributed by atoms with Crippen molar-refractivity contribution in [1.29, 1.82) is 0 Å². The van der Waals surface area contributed by atoms with Crippen molar-refractivity contribution in [2.75, 3.05) is 33.0 Å². The second-order valence-electron chi connectivity index (χ2n) is 10.9. The lowest BCUT2D eigenvalue weighted by Crippen LogP contribution is -2.22. The predicted molar refractivity (Wildman–Crippen MR) is 167 cm³/mol. The quantitative estimate of drug-likeness (QED) is 0.135. The molecule has 0 aliphatic carbocycles. The molecule has 0 saturated carbocycles. The number of ketones is 1. The zero-order chi connectivity index (χ0) is 30.2. The number of Topliss-reactive ketones (excluding diaryl/α,β-unsaturated/α-hetero) is 1. The maximum Gasteiger partial charge on any atom is 0.203 e. The van der Waals surface area contributed by atoms with Gasteiger partial charge < -0.3 is 28.4 Å². The molecule has 1 heterocycles. The van der Waals surface area contributed by atoms with Gasteiger partial charge in [-0.3, -0.25) is 4.79 Å².